The number of carbonyl (C=O) groups excluding carboxylic acids is 3. The van der Waals surface area contributed by atoms with Gasteiger partial charge in [-0.15, -0.1) is 13.2 Å². The Labute approximate surface area is 261 Å². The fourth-order valence-electron chi connectivity index (χ4n) is 7.19. The Bertz CT molecular complexity index is 1180. The number of hydrogen-bond donors (Lipinski definition) is 1. The summed E-state index contributed by atoms with van der Waals surface area (Å²) in [5.74, 6) is -2.93. The lowest BCUT2D eigenvalue weighted by atomic mass is 9.70. The minimum absolute atomic E-state index is 0.207. The van der Waals surface area contributed by atoms with Crippen molar-refractivity contribution in [3.8, 4) is 0 Å². The van der Waals surface area contributed by atoms with E-state index in [1.165, 1.54) is 4.90 Å². The van der Waals surface area contributed by atoms with Crippen LogP contribution in [0.5, 0.6) is 0 Å². The van der Waals surface area contributed by atoms with Gasteiger partial charge in [-0.1, -0.05) is 58.4 Å². The Kier molecular flexibility index (Phi) is 10.4. The standard InChI is InChI=1S/C32H42BrN3O7/c1-3-5-9-17-42-31(40)25-26-29(38)36(24(21-37)22-10-7-6-8-11-22)28(32(26)20-23(33)27(25)43-32)30(39)35(12-4-2)14-13-34-15-18-41-19-16-34/h3-4,6-8,10-11,23-28,37H,1-2,5,9,12-21H2/t23?,24-,25-,26+,27-,28?,32?/m1/s1. The highest BCUT2D eigenvalue weighted by atomic mass is 79.9. The fourth-order valence-corrected chi connectivity index (χ4v) is 8.13. The zero-order valence-corrected chi connectivity index (χ0v) is 26.1. The van der Waals surface area contributed by atoms with E-state index in [9.17, 15) is 19.5 Å². The van der Waals surface area contributed by atoms with Gasteiger partial charge in [0.25, 0.3) is 0 Å². The number of nitrogens with zero attached hydrogens (tertiary/aromatic N) is 3. The summed E-state index contributed by atoms with van der Waals surface area (Å²) in [5, 5.41) is 10.7. The first-order chi connectivity index (χ1) is 20.9. The first-order valence-electron chi connectivity index (χ1n) is 15.1. The highest BCUT2D eigenvalue weighted by Gasteiger charge is 2.77. The third kappa shape index (κ3) is 6.07. The molecule has 10 nitrogen and oxygen atoms in total. The molecule has 2 bridgehead atoms. The quantitative estimate of drug-likeness (QED) is 0.140. The number of aliphatic hydroxyl groups excluding tert-OH is 1. The van der Waals surface area contributed by atoms with Crippen LogP contribution in [0.1, 0.15) is 30.9 Å². The third-order valence-electron chi connectivity index (χ3n) is 9.17. The van der Waals surface area contributed by atoms with Crippen LogP contribution in [0.4, 0.5) is 0 Å². The number of rotatable bonds is 14. The molecule has 0 aliphatic carbocycles. The number of fused-ring (bicyclic) bond motifs is 1. The fraction of sp³-hybridized carbons (Fsp3) is 0.594. The highest BCUT2D eigenvalue weighted by Crippen LogP contribution is 2.61. The molecule has 5 rings (SSSR count). The first-order valence-corrected chi connectivity index (χ1v) is 16.1. The molecular formula is C32H42BrN3O7. The smallest absolute Gasteiger partial charge is 0.312 e. The number of amides is 2. The number of unbranched alkanes of at least 4 members (excludes halogenated alkanes) is 1. The van der Waals surface area contributed by atoms with Crippen molar-refractivity contribution in [1.82, 2.24) is 14.7 Å². The number of halogens is 1. The lowest BCUT2D eigenvalue weighted by molar-refractivity contribution is -0.156. The predicted molar refractivity (Wildman–Crippen MR) is 163 cm³/mol. The van der Waals surface area contributed by atoms with Crippen LogP contribution in [-0.4, -0.2) is 119 Å². The van der Waals surface area contributed by atoms with Gasteiger partial charge in [-0.3, -0.25) is 19.3 Å². The number of hydrogen-bond acceptors (Lipinski definition) is 8. The Morgan fingerprint density at radius 2 is 1.95 bits per heavy atom. The molecule has 4 saturated heterocycles. The normalized spacial score (nSPS) is 30.6. The van der Waals surface area contributed by atoms with Crippen LogP contribution in [0.2, 0.25) is 0 Å². The van der Waals surface area contributed by atoms with E-state index in [1.807, 2.05) is 30.3 Å². The second kappa shape index (κ2) is 14.0. The van der Waals surface area contributed by atoms with E-state index >= 15 is 0 Å². The van der Waals surface area contributed by atoms with Crippen molar-refractivity contribution in [2.45, 2.75) is 47.9 Å². The summed E-state index contributed by atoms with van der Waals surface area (Å²) in [4.78, 5) is 48.0. The van der Waals surface area contributed by atoms with Gasteiger partial charge in [-0.05, 0) is 24.8 Å². The van der Waals surface area contributed by atoms with E-state index in [-0.39, 0.29) is 29.8 Å². The second-order valence-corrected chi connectivity index (χ2v) is 12.8. The van der Waals surface area contributed by atoms with Gasteiger partial charge in [0.15, 0.2) is 0 Å². The number of aliphatic hydroxyl groups is 1. The summed E-state index contributed by atoms with van der Waals surface area (Å²) in [7, 11) is 0. The van der Waals surface area contributed by atoms with Crippen LogP contribution in [0.25, 0.3) is 0 Å². The predicted octanol–water partition coefficient (Wildman–Crippen LogP) is 2.32. The van der Waals surface area contributed by atoms with Gasteiger partial charge in [-0.2, -0.15) is 0 Å². The van der Waals surface area contributed by atoms with Gasteiger partial charge < -0.3 is 29.1 Å². The maximum absolute atomic E-state index is 14.7. The molecule has 4 heterocycles. The minimum atomic E-state index is -1.25. The Hall–Kier alpha value is -2.57. The SMILES string of the molecule is C=CCCCOC(=O)[C@H]1[C@@H]2OC3(CC2Br)C(C(=O)N(CC=C)CCN2CCOCC2)N([C@H](CO)c2ccccc2)C(=O)[C@H]13. The Balaban J connectivity index is 1.51. The maximum atomic E-state index is 14.7. The number of ether oxygens (including phenoxy) is 3. The molecule has 7 atom stereocenters. The van der Waals surface area contributed by atoms with Crippen molar-refractivity contribution in [2.24, 2.45) is 11.8 Å². The van der Waals surface area contributed by atoms with E-state index in [0.29, 0.717) is 51.1 Å². The summed E-state index contributed by atoms with van der Waals surface area (Å²) in [6, 6.07) is 7.34. The molecule has 1 aromatic rings. The average Bonchev–Trinajstić information content (AvgIpc) is 3.62. The monoisotopic (exact) mass is 659 g/mol. The molecule has 234 valence electrons. The van der Waals surface area contributed by atoms with Gasteiger partial charge >= 0.3 is 5.97 Å². The second-order valence-electron chi connectivity index (χ2n) is 11.6. The molecule has 3 unspecified atom stereocenters. The first kappa shape index (κ1) is 31.8. The summed E-state index contributed by atoms with van der Waals surface area (Å²) in [6.45, 7) is 11.6. The van der Waals surface area contributed by atoms with E-state index < -0.39 is 48.2 Å². The van der Waals surface area contributed by atoms with Crippen LogP contribution < -0.4 is 0 Å². The Morgan fingerprint density at radius 1 is 1.21 bits per heavy atom. The molecule has 11 heteroatoms. The lowest BCUT2D eigenvalue weighted by Gasteiger charge is -2.40. The van der Waals surface area contributed by atoms with Crippen molar-refractivity contribution < 1.29 is 33.7 Å². The summed E-state index contributed by atoms with van der Waals surface area (Å²) in [5.41, 5.74) is -0.553. The molecule has 1 aromatic carbocycles. The highest BCUT2D eigenvalue weighted by molar-refractivity contribution is 9.09. The molecule has 4 fully saturated rings. The summed E-state index contributed by atoms with van der Waals surface area (Å²) in [6.07, 6.45) is 4.54. The number of allylic oxidation sites excluding steroid dienone is 1. The molecule has 1 spiro atoms. The summed E-state index contributed by atoms with van der Waals surface area (Å²) < 4.78 is 17.8. The van der Waals surface area contributed by atoms with Crippen molar-refractivity contribution in [3.05, 3.63) is 61.2 Å². The van der Waals surface area contributed by atoms with Crippen LogP contribution in [0, 0.1) is 11.8 Å². The largest absolute Gasteiger partial charge is 0.465 e. The van der Waals surface area contributed by atoms with Gasteiger partial charge in [0.05, 0.1) is 50.4 Å². The van der Waals surface area contributed by atoms with Gasteiger partial charge in [0, 0.05) is 37.6 Å². The average molecular weight is 661 g/mol. The van der Waals surface area contributed by atoms with Gasteiger partial charge in [0.1, 0.15) is 11.6 Å². The van der Waals surface area contributed by atoms with E-state index in [2.05, 4.69) is 34.0 Å². The van der Waals surface area contributed by atoms with Crippen molar-refractivity contribution in [1.29, 1.82) is 0 Å². The number of morpholine rings is 1. The Morgan fingerprint density at radius 3 is 2.63 bits per heavy atom. The van der Waals surface area contributed by atoms with E-state index in [1.54, 1.807) is 17.1 Å². The number of esters is 1. The van der Waals surface area contributed by atoms with Crippen LogP contribution in [0.15, 0.2) is 55.6 Å². The molecule has 2 amide bonds. The maximum Gasteiger partial charge on any atom is 0.312 e. The van der Waals surface area contributed by atoms with Crippen molar-refractivity contribution in [2.75, 3.05) is 59.2 Å². The number of alkyl halides is 1. The van der Waals surface area contributed by atoms with Gasteiger partial charge in [0.2, 0.25) is 11.8 Å². The van der Waals surface area contributed by atoms with Gasteiger partial charge in [-0.25, -0.2) is 0 Å². The van der Waals surface area contributed by atoms with Crippen LogP contribution in [0.3, 0.4) is 0 Å². The van der Waals surface area contributed by atoms with Crippen molar-refractivity contribution in [3.63, 3.8) is 0 Å². The molecule has 43 heavy (non-hydrogen) atoms. The van der Waals surface area contributed by atoms with E-state index in [0.717, 1.165) is 13.1 Å². The molecular weight excluding hydrogens is 618 g/mol. The molecule has 4 aliphatic rings. The zero-order valence-electron chi connectivity index (χ0n) is 24.5. The summed E-state index contributed by atoms with van der Waals surface area (Å²) >= 11 is 3.71. The minimum Gasteiger partial charge on any atom is -0.465 e. The zero-order chi connectivity index (χ0) is 30.6. The van der Waals surface area contributed by atoms with Crippen LogP contribution in [-0.2, 0) is 28.6 Å². The molecule has 4 aliphatic heterocycles. The van der Waals surface area contributed by atoms with Crippen molar-refractivity contribution >= 4 is 33.7 Å². The van der Waals surface area contributed by atoms with E-state index in [4.69, 9.17) is 14.2 Å². The number of likely N-dealkylation sites (tertiary alicyclic amines) is 1. The molecule has 0 aromatic heterocycles. The number of carbonyl (C=O) groups is 3. The molecule has 0 radical (unpaired) electrons. The number of benzene rings is 1. The molecule has 0 saturated carbocycles. The lowest BCUT2D eigenvalue weighted by Crippen LogP contribution is -2.58. The molecule has 1 N–H and O–H groups in total. The topological polar surface area (TPSA) is 109 Å². The van der Waals surface area contributed by atoms with Crippen LogP contribution >= 0.6 is 15.9 Å². The third-order valence-corrected chi connectivity index (χ3v) is 10.0.